The lowest BCUT2D eigenvalue weighted by molar-refractivity contribution is -0.130. The van der Waals surface area contributed by atoms with E-state index in [2.05, 4.69) is 17.6 Å². The number of halogens is 1. The van der Waals surface area contributed by atoms with Crippen LogP contribution in [0.1, 0.15) is 72.3 Å². The van der Waals surface area contributed by atoms with Crippen molar-refractivity contribution in [1.82, 2.24) is 10.6 Å². The van der Waals surface area contributed by atoms with Crippen molar-refractivity contribution in [3.63, 3.8) is 0 Å². The van der Waals surface area contributed by atoms with E-state index in [1.165, 1.54) is 7.11 Å². The number of unbranched alkanes of at least 4 members (excludes halogenated alkanes) is 1. The second-order valence-corrected chi connectivity index (χ2v) is 11.6. The van der Waals surface area contributed by atoms with Crippen LogP contribution in [-0.4, -0.2) is 61.4 Å². The SMILES string of the molecule is CCCCC(C)(C)C(=O)NC[C@H](O)[C@@H](N)CC(C)(C)CC(=O)N1CC(NC(=O)OC)Cc2ccccc21.Cl. The summed E-state index contributed by atoms with van der Waals surface area (Å²) in [5.74, 6) is -0.179. The Morgan fingerprint density at radius 2 is 1.87 bits per heavy atom. The number of nitrogens with one attached hydrogen (secondary N) is 2. The van der Waals surface area contributed by atoms with Crippen molar-refractivity contribution >= 4 is 36.0 Å². The van der Waals surface area contributed by atoms with Crippen LogP contribution >= 0.6 is 12.4 Å². The standard InChI is InChI=1S/C28H46N4O5.ClH/c1-7-8-13-28(4,5)25(35)30-17-23(33)21(29)15-27(2,3)16-24(34)32-18-20(31-26(36)37-6)14-19-11-9-10-12-22(19)32;/h9-12,20-21,23,33H,7-8,13-18,29H2,1-6H3,(H,30,35)(H,31,36);1H/t20?,21-,23-;/m0./s1. The zero-order valence-corrected chi connectivity index (χ0v) is 24.5. The monoisotopic (exact) mass is 554 g/mol. The minimum Gasteiger partial charge on any atom is -0.453 e. The van der Waals surface area contributed by atoms with Gasteiger partial charge in [0.1, 0.15) is 0 Å². The molecule has 1 aliphatic heterocycles. The molecule has 1 unspecified atom stereocenters. The summed E-state index contributed by atoms with van der Waals surface area (Å²) < 4.78 is 4.74. The Bertz CT molecular complexity index is 940. The Morgan fingerprint density at radius 3 is 2.50 bits per heavy atom. The van der Waals surface area contributed by atoms with Crippen molar-refractivity contribution in [2.45, 2.75) is 91.3 Å². The zero-order valence-electron chi connectivity index (χ0n) is 23.7. The second kappa shape index (κ2) is 14.7. The van der Waals surface area contributed by atoms with Crippen LogP contribution < -0.4 is 21.3 Å². The first kappa shape index (κ1) is 33.7. The quantitative estimate of drug-likeness (QED) is 0.312. The van der Waals surface area contributed by atoms with E-state index in [-0.39, 0.29) is 43.2 Å². The fraction of sp³-hybridized carbons (Fsp3) is 0.679. The molecule has 0 saturated carbocycles. The third-order valence-corrected chi connectivity index (χ3v) is 7.11. The summed E-state index contributed by atoms with van der Waals surface area (Å²) >= 11 is 0. The van der Waals surface area contributed by atoms with Gasteiger partial charge in [0.25, 0.3) is 0 Å². The number of carbonyl (C=O) groups excluding carboxylic acids is 3. The average molecular weight is 555 g/mol. The van der Waals surface area contributed by atoms with Crippen molar-refractivity contribution in [1.29, 1.82) is 0 Å². The molecule has 0 spiro atoms. The lowest BCUT2D eigenvalue weighted by Crippen LogP contribution is -2.51. The Hall–Kier alpha value is -2.36. The first-order chi connectivity index (χ1) is 17.3. The Balaban J connectivity index is 0.00000722. The lowest BCUT2D eigenvalue weighted by Gasteiger charge is -2.37. The second-order valence-electron chi connectivity index (χ2n) is 11.6. The van der Waals surface area contributed by atoms with Gasteiger partial charge in [-0.15, -0.1) is 12.4 Å². The summed E-state index contributed by atoms with van der Waals surface area (Å²) in [6.07, 6.45) is 2.52. The zero-order chi connectivity index (χ0) is 27.8. The maximum atomic E-state index is 13.5. The number of fused-ring (bicyclic) bond motifs is 1. The molecule has 1 aromatic rings. The van der Waals surface area contributed by atoms with Gasteiger partial charge in [-0.1, -0.05) is 65.7 Å². The summed E-state index contributed by atoms with van der Waals surface area (Å²) in [5, 5.41) is 16.3. The van der Waals surface area contributed by atoms with E-state index in [9.17, 15) is 19.5 Å². The van der Waals surface area contributed by atoms with Gasteiger partial charge in [0, 0.05) is 36.7 Å². The summed E-state index contributed by atoms with van der Waals surface area (Å²) in [7, 11) is 1.31. The van der Waals surface area contributed by atoms with E-state index in [4.69, 9.17) is 10.5 Å². The molecule has 2 rings (SSSR count). The molecule has 0 radical (unpaired) electrons. The summed E-state index contributed by atoms with van der Waals surface area (Å²) in [5.41, 5.74) is 7.13. The number of nitrogens with zero attached hydrogens (tertiary/aromatic N) is 1. The van der Waals surface area contributed by atoms with E-state index < -0.39 is 29.1 Å². The van der Waals surface area contributed by atoms with Crippen LogP contribution in [0.3, 0.4) is 0 Å². The number of rotatable bonds is 12. The fourth-order valence-electron chi connectivity index (χ4n) is 4.83. The highest BCUT2D eigenvalue weighted by molar-refractivity contribution is 5.95. The molecular weight excluding hydrogens is 508 g/mol. The van der Waals surface area contributed by atoms with E-state index >= 15 is 0 Å². The molecule has 1 heterocycles. The Labute approximate surface area is 233 Å². The number of para-hydroxylation sites is 1. The molecule has 0 aromatic heterocycles. The van der Waals surface area contributed by atoms with E-state index in [0.29, 0.717) is 19.4 Å². The minimum absolute atomic E-state index is 0. The Morgan fingerprint density at radius 1 is 1.21 bits per heavy atom. The minimum atomic E-state index is -0.926. The molecule has 3 amide bonds. The normalized spacial score (nSPS) is 16.9. The average Bonchev–Trinajstić information content (AvgIpc) is 2.84. The van der Waals surface area contributed by atoms with Gasteiger partial charge in [0.05, 0.1) is 19.3 Å². The molecule has 0 fully saturated rings. The van der Waals surface area contributed by atoms with Crippen molar-refractivity contribution in [3.8, 4) is 0 Å². The first-order valence-corrected chi connectivity index (χ1v) is 13.2. The van der Waals surface area contributed by atoms with Gasteiger partial charge in [-0.3, -0.25) is 9.59 Å². The van der Waals surface area contributed by atoms with Crippen molar-refractivity contribution < 1.29 is 24.2 Å². The number of aliphatic hydroxyl groups is 1. The predicted molar refractivity (Wildman–Crippen MR) is 152 cm³/mol. The third kappa shape index (κ3) is 9.75. The predicted octanol–water partition coefficient (Wildman–Crippen LogP) is 3.55. The number of anilines is 1. The highest BCUT2D eigenvalue weighted by Crippen LogP contribution is 2.33. The van der Waals surface area contributed by atoms with Gasteiger partial charge in [-0.2, -0.15) is 0 Å². The molecule has 1 aliphatic rings. The maximum absolute atomic E-state index is 13.5. The highest BCUT2D eigenvalue weighted by Gasteiger charge is 2.34. The van der Waals surface area contributed by atoms with Crippen molar-refractivity contribution in [2.24, 2.45) is 16.6 Å². The van der Waals surface area contributed by atoms with Gasteiger partial charge in [-0.25, -0.2) is 4.79 Å². The molecule has 9 nitrogen and oxygen atoms in total. The number of aliphatic hydroxyl groups excluding tert-OH is 1. The van der Waals surface area contributed by atoms with E-state index in [0.717, 1.165) is 30.5 Å². The number of hydrogen-bond acceptors (Lipinski definition) is 6. The number of hydrogen-bond donors (Lipinski definition) is 4. The molecule has 0 bridgehead atoms. The van der Waals surface area contributed by atoms with Crippen LogP contribution in [0, 0.1) is 10.8 Å². The number of methoxy groups -OCH3 is 1. The Kier molecular flexibility index (Phi) is 13.0. The van der Waals surface area contributed by atoms with Crippen LogP contribution in [0.2, 0.25) is 0 Å². The summed E-state index contributed by atoms with van der Waals surface area (Å²) in [6, 6.07) is 6.80. The number of carbonyl (C=O) groups is 3. The van der Waals surface area contributed by atoms with Gasteiger partial charge in [-0.05, 0) is 36.3 Å². The maximum Gasteiger partial charge on any atom is 0.407 e. The fourth-order valence-corrected chi connectivity index (χ4v) is 4.83. The molecule has 38 heavy (non-hydrogen) atoms. The van der Waals surface area contributed by atoms with Crippen molar-refractivity contribution in [2.75, 3.05) is 25.1 Å². The van der Waals surface area contributed by atoms with Crippen molar-refractivity contribution in [3.05, 3.63) is 29.8 Å². The van der Waals surface area contributed by atoms with Crippen LogP contribution in [0.15, 0.2) is 24.3 Å². The topological polar surface area (TPSA) is 134 Å². The van der Waals surface area contributed by atoms with Gasteiger partial charge in [0.2, 0.25) is 11.8 Å². The number of alkyl carbamates (subject to hydrolysis) is 1. The smallest absolute Gasteiger partial charge is 0.407 e. The van der Waals surface area contributed by atoms with Gasteiger partial charge < -0.3 is 31.1 Å². The van der Waals surface area contributed by atoms with Gasteiger partial charge in [0.15, 0.2) is 0 Å². The molecule has 216 valence electrons. The molecule has 0 saturated heterocycles. The number of ether oxygens (including phenoxy) is 1. The largest absolute Gasteiger partial charge is 0.453 e. The van der Waals surface area contributed by atoms with Crippen LogP contribution in [-0.2, 0) is 20.7 Å². The van der Waals surface area contributed by atoms with E-state index in [1.807, 2.05) is 52.0 Å². The molecule has 0 aliphatic carbocycles. The van der Waals surface area contributed by atoms with Crippen LogP contribution in [0.5, 0.6) is 0 Å². The summed E-state index contributed by atoms with van der Waals surface area (Å²) in [6.45, 7) is 10.2. The van der Waals surface area contributed by atoms with Crippen LogP contribution in [0.25, 0.3) is 0 Å². The third-order valence-electron chi connectivity index (χ3n) is 7.11. The highest BCUT2D eigenvalue weighted by atomic mass is 35.5. The first-order valence-electron chi connectivity index (χ1n) is 13.2. The number of amides is 3. The summed E-state index contributed by atoms with van der Waals surface area (Å²) in [4.78, 5) is 39.5. The molecule has 10 heteroatoms. The number of benzene rings is 1. The van der Waals surface area contributed by atoms with Gasteiger partial charge >= 0.3 is 6.09 Å². The molecular formula is C28H47ClN4O5. The lowest BCUT2D eigenvalue weighted by atomic mass is 9.80. The molecule has 3 atom stereocenters. The van der Waals surface area contributed by atoms with E-state index in [1.54, 1.807) is 4.90 Å². The van der Waals surface area contributed by atoms with Crippen LogP contribution in [0.4, 0.5) is 10.5 Å². The molecule has 1 aromatic carbocycles. The molecule has 5 N–H and O–H groups in total. The number of nitrogens with two attached hydrogens (primary N) is 1.